The van der Waals surface area contributed by atoms with Crippen LogP contribution in [-0.4, -0.2) is 57.6 Å². The van der Waals surface area contributed by atoms with Crippen molar-refractivity contribution in [2.24, 2.45) is 0 Å². The molecule has 1 unspecified atom stereocenters. The molecule has 1 N–H and O–H groups in total. The number of unbranched alkanes of at least 4 members (excludes halogenated alkanes) is 1. The summed E-state index contributed by atoms with van der Waals surface area (Å²) >= 11 is 12.8. The Morgan fingerprint density at radius 2 is 1.68 bits per heavy atom. The number of carbonyl (C=O) groups is 2. The Bertz CT molecular complexity index is 1170. The second-order valence-corrected chi connectivity index (χ2v) is 11.6. The van der Waals surface area contributed by atoms with Crippen molar-refractivity contribution >= 4 is 50.7 Å². The summed E-state index contributed by atoms with van der Waals surface area (Å²) in [5.41, 5.74) is 0.946. The van der Waals surface area contributed by atoms with E-state index in [1.54, 1.807) is 42.5 Å². The number of para-hydroxylation sites is 2. The van der Waals surface area contributed by atoms with Crippen molar-refractivity contribution in [3.05, 3.63) is 58.1 Å². The van der Waals surface area contributed by atoms with Crippen LogP contribution in [0.15, 0.2) is 42.5 Å². The van der Waals surface area contributed by atoms with Gasteiger partial charge in [0.15, 0.2) is 0 Å². The number of ether oxygens (including phenoxy) is 1. The van der Waals surface area contributed by atoms with Crippen molar-refractivity contribution in [1.29, 1.82) is 0 Å². The summed E-state index contributed by atoms with van der Waals surface area (Å²) < 4.78 is 31.7. The summed E-state index contributed by atoms with van der Waals surface area (Å²) in [7, 11) is -2.18. The van der Waals surface area contributed by atoms with Crippen LogP contribution >= 0.6 is 23.2 Å². The Morgan fingerprint density at radius 3 is 2.26 bits per heavy atom. The first-order valence-corrected chi connectivity index (χ1v) is 15.3. The Labute approximate surface area is 236 Å². The summed E-state index contributed by atoms with van der Waals surface area (Å²) in [6.07, 6.45) is 3.50. The number of carbonyl (C=O) groups excluding carboxylic acids is 2. The van der Waals surface area contributed by atoms with Gasteiger partial charge in [0, 0.05) is 41.7 Å². The minimum atomic E-state index is -3.65. The van der Waals surface area contributed by atoms with E-state index in [0.717, 1.165) is 19.1 Å². The van der Waals surface area contributed by atoms with Crippen LogP contribution in [0.5, 0.6) is 5.75 Å². The van der Waals surface area contributed by atoms with Gasteiger partial charge < -0.3 is 15.0 Å². The molecule has 0 bridgehead atoms. The van der Waals surface area contributed by atoms with Gasteiger partial charge in [-0.05, 0) is 43.5 Å². The largest absolute Gasteiger partial charge is 0.495 e. The van der Waals surface area contributed by atoms with Gasteiger partial charge in [0.1, 0.15) is 11.8 Å². The van der Waals surface area contributed by atoms with E-state index < -0.39 is 16.1 Å². The van der Waals surface area contributed by atoms with Gasteiger partial charge in [0.2, 0.25) is 21.8 Å². The highest BCUT2D eigenvalue weighted by Gasteiger charge is 2.30. The molecule has 210 valence electrons. The van der Waals surface area contributed by atoms with E-state index in [4.69, 9.17) is 27.9 Å². The number of nitrogens with zero attached hydrogens (tertiary/aromatic N) is 2. The van der Waals surface area contributed by atoms with E-state index in [1.807, 2.05) is 13.8 Å². The molecule has 2 aromatic carbocycles. The zero-order valence-electron chi connectivity index (χ0n) is 22.4. The Hall–Kier alpha value is -2.49. The quantitative estimate of drug-likeness (QED) is 0.287. The summed E-state index contributed by atoms with van der Waals surface area (Å²) in [5, 5.41) is 3.71. The SMILES string of the molecule is CCCCNC(=O)C(CC)N(Cc1c(Cl)cccc1Cl)C(=O)CCCN(c1ccccc1OC)S(C)(=O)=O. The molecule has 0 saturated heterocycles. The number of amides is 2. The Kier molecular flexibility index (Phi) is 12.7. The summed E-state index contributed by atoms with van der Waals surface area (Å²) in [6, 6.07) is 11.2. The standard InChI is InChI=1S/C27H37Cl2N3O5S/c1-5-7-17-30-27(34)23(6-2)31(19-20-21(28)12-10-13-22(20)29)26(33)16-11-18-32(38(4,35)36)24-14-8-9-15-25(24)37-3/h8-10,12-15,23H,5-7,11,16-19H2,1-4H3,(H,30,34). The number of methoxy groups -OCH3 is 1. The maximum Gasteiger partial charge on any atom is 0.242 e. The molecular formula is C27H37Cl2N3O5S. The fraction of sp³-hybridized carbons (Fsp3) is 0.481. The first-order valence-electron chi connectivity index (χ1n) is 12.7. The first kappa shape index (κ1) is 31.7. The number of nitrogens with one attached hydrogen (secondary N) is 1. The minimum Gasteiger partial charge on any atom is -0.495 e. The molecule has 8 nitrogen and oxygen atoms in total. The van der Waals surface area contributed by atoms with E-state index in [1.165, 1.54) is 16.3 Å². The summed E-state index contributed by atoms with van der Waals surface area (Å²) in [5.74, 6) is -0.134. The molecule has 11 heteroatoms. The first-order chi connectivity index (χ1) is 18.0. The molecule has 2 aromatic rings. The molecule has 0 radical (unpaired) electrons. The van der Waals surface area contributed by atoms with Gasteiger partial charge in [-0.2, -0.15) is 0 Å². The molecule has 2 amide bonds. The van der Waals surface area contributed by atoms with Crippen molar-refractivity contribution in [2.75, 3.05) is 30.8 Å². The maximum absolute atomic E-state index is 13.6. The summed E-state index contributed by atoms with van der Waals surface area (Å²) in [6.45, 7) is 4.50. The van der Waals surface area contributed by atoms with Crippen LogP contribution in [0.3, 0.4) is 0 Å². The number of benzene rings is 2. The third-order valence-electron chi connectivity index (χ3n) is 6.11. The number of anilines is 1. The van der Waals surface area contributed by atoms with E-state index in [-0.39, 0.29) is 37.7 Å². The molecule has 0 fully saturated rings. The van der Waals surface area contributed by atoms with Crippen LogP contribution < -0.4 is 14.4 Å². The van der Waals surface area contributed by atoms with Gasteiger partial charge in [-0.1, -0.05) is 61.7 Å². The van der Waals surface area contributed by atoms with Gasteiger partial charge in [0.05, 0.1) is 19.1 Å². The minimum absolute atomic E-state index is 0.0159. The highest BCUT2D eigenvalue weighted by atomic mass is 35.5. The van der Waals surface area contributed by atoms with Crippen LogP contribution in [0.25, 0.3) is 0 Å². The third kappa shape index (κ3) is 8.78. The lowest BCUT2D eigenvalue weighted by molar-refractivity contribution is -0.141. The van der Waals surface area contributed by atoms with Gasteiger partial charge in [-0.25, -0.2) is 8.42 Å². The van der Waals surface area contributed by atoms with Crippen LogP contribution in [0.4, 0.5) is 5.69 Å². The molecular weight excluding hydrogens is 549 g/mol. The Morgan fingerprint density at radius 1 is 1.03 bits per heavy atom. The number of sulfonamides is 1. The van der Waals surface area contributed by atoms with Crippen LogP contribution in [0, 0.1) is 0 Å². The molecule has 0 saturated carbocycles. The van der Waals surface area contributed by atoms with Crippen LogP contribution in [0.1, 0.15) is 51.5 Å². The van der Waals surface area contributed by atoms with Gasteiger partial charge in [-0.3, -0.25) is 13.9 Å². The van der Waals surface area contributed by atoms with E-state index in [9.17, 15) is 18.0 Å². The third-order valence-corrected chi connectivity index (χ3v) is 8.00. The van der Waals surface area contributed by atoms with E-state index in [0.29, 0.717) is 40.0 Å². The maximum atomic E-state index is 13.6. The molecule has 2 rings (SSSR count). The molecule has 0 aliphatic carbocycles. The topological polar surface area (TPSA) is 96.0 Å². The van der Waals surface area contributed by atoms with Crippen molar-refractivity contribution in [1.82, 2.24) is 10.2 Å². The average molecular weight is 587 g/mol. The van der Waals surface area contributed by atoms with Crippen molar-refractivity contribution in [3.8, 4) is 5.75 Å². The molecule has 0 aliphatic heterocycles. The molecule has 0 aliphatic rings. The predicted octanol–water partition coefficient (Wildman–Crippen LogP) is 5.27. The molecule has 0 spiro atoms. The zero-order valence-corrected chi connectivity index (χ0v) is 24.7. The zero-order chi connectivity index (χ0) is 28.3. The number of rotatable bonds is 15. The second kappa shape index (κ2) is 15.2. The lowest BCUT2D eigenvalue weighted by atomic mass is 10.1. The Balaban J connectivity index is 2.28. The van der Waals surface area contributed by atoms with Gasteiger partial charge in [-0.15, -0.1) is 0 Å². The highest BCUT2D eigenvalue weighted by Crippen LogP contribution is 2.30. The molecule has 38 heavy (non-hydrogen) atoms. The second-order valence-electron chi connectivity index (χ2n) is 8.90. The number of hydrogen-bond donors (Lipinski definition) is 1. The number of halogens is 2. The van der Waals surface area contributed by atoms with Crippen LogP contribution in [-0.2, 0) is 26.2 Å². The normalized spacial score (nSPS) is 12.1. The summed E-state index contributed by atoms with van der Waals surface area (Å²) in [4.78, 5) is 28.1. The fourth-order valence-corrected chi connectivity index (χ4v) is 5.58. The number of hydrogen-bond acceptors (Lipinski definition) is 5. The molecule has 1 atom stereocenters. The predicted molar refractivity (Wildman–Crippen MR) is 153 cm³/mol. The highest BCUT2D eigenvalue weighted by molar-refractivity contribution is 7.92. The van der Waals surface area contributed by atoms with E-state index in [2.05, 4.69) is 5.32 Å². The van der Waals surface area contributed by atoms with E-state index >= 15 is 0 Å². The van der Waals surface area contributed by atoms with Gasteiger partial charge in [0.25, 0.3) is 0 Å². The van der Waals surface area contributed by atoms with Crippen molar-refractivity contribution in [3.63, 3.8) is 0 Å². The van der Waals surface area contributed by atoms with Crippen LogP contribution in [0.2, 0.25) is 10.0 Å². The molecule has 0 aromatic heterocycles. The van der Waals surface area contributed by atoms with Crippen molar-refractivity contribution < 1.29 is 22.7 Å². The van der Waals surface area contributed by atoms with Gasteiger partial charge >= 0.3 is 0 Å². The fourth-order valence-electron chi connectivity index (χ4n) is 4.10. The lowest BCUT2D eigenvalue weighted by Gasteiger charge is -2.31. The lowest BCUT2D eigenvalue weighted by Crippen LogP contribution is -2.49. The van der Waals surface area contributed by atoms with Crippen molar-refractivity contribution in [2.45, 2.75) is 58.5 Å². The monoisotopic (exact) mass is 585 g/mol. The molecule has 0 heterocycles. The average Bonchev–Trinajstić information content (AvgIpc) is 2.87. The smallest absolute Gasteiger partial charge is 0.242 e.